The number of aliphatic hydroxyl groups is 1. The summed E-state index contributed by atoms with van der Waals surface area (Å²) >= 11 is 0. The van der Waals surface area contributed by atoms with Gasteiger partial charge in [0, 0.05) is 25.8 Å². The van der Waals surface area contributed by atoms with E-state index in [1.807, 2.05) is 0 Å². The van der Waals surface area contributed by atoms with Crippen molar-refractivity contribution in [1.29, 1.82) is 0 Å². The van der Waals surface area contributed by atoms with Crippen LogP contribution in [0, 0.1) is 0 Å². The fraction of sp³-hybridized carbons (Fsp3) is 0.308. The molecule has 2 aromatic carbocycles. The summed E-state index contributed by atoms with van der Waals surface area (Å²) in [5.41, 5.74) is 1.03. The fourth-order valence-corrected chi connectivity index (χ4v) is 4.11. The first-order chi connectivity index (χ1) is 16.5. The van der Waals surface area contributed by atoms with Gasteiger partial charge < -0.3 is 29.0 Å². The second-order valence-electron chi connectivity index (χ2n) is 7.87. The molecule has 0 radical (unpaired) electrons. The number of benzene rings is 2. The number of methoxy groups -OCH3 is 1. The number of fused-ring (bicyclic) bond motifs is 1. The van der Waals surface area contributed by atoms with Gasteiger partial charge in [-0.25, -0.2) is 0 Å². The molecule has 1 amide bonds. The average Bonchev–Trinajstić information content (AvgIpc) is 3.12. The topological polar surface area (TPSA) is 94.5 Å². The number of amides is 1. The zero-order chi connectivity index (χ0) is 24.1. The van der Waals surface area contributed by atoms with Crippen LogP contribution in [0.3, 0.4) is 0 Å². The monoisotopic (exact) mass is 465 g/mol. The summed E-state index contributed by atoms with van der Waals surface area (Å²) in [5.74, 6) is -0.0801. The van der Waals surface area contributed by atoms with Gasteiger partial charge in [-0.05, 0) is 42.3 Å². The van der Waals surface area contributed by atoms with Crippen molar-refractivity contribution in [3.05, 3.63) is 71.8 Å². The largest absolute Gasteiger partial charge is 0.507 e. The minimum absolute atomic E-state index is 0.0139. The summed E-state index contributed by atoms with van der Waals surface area (Å²) in [6.45, 7) is 5.52. The lowest BCUT2D eigenvalue weighted by molar-refractivity contribution is -0.140. The van der Waals surface area contributed by atoms with Gasteiger partial charge in [0.2, 0.25) is 0 Å². The van der Waals surface area contributed by atoms with Crippen LogP contribution in [0.2, 0.25) is 0 Å². The van der Waals surface area contributed by atoms with Gasteiger partial charge in [-0.1, -0.05) is 24.8 Å². The molecule has 0 spiro atoms. The zero-order valence-corrected chi connectivity index (χ0v) is 19.0. The van der Waals surface area contributed by atoms with Crippen LogP contribution in [0.1, 0.15) is 23.6 Å². The van der Waals surface area contributed by atoms with Crippen LogP contribution in [0.5, 0.6) is 17.2 Å². The minimum Gasteiger partial charge on any atom is -0.507 e. The molecule has 1 N–H and O–H groups in total. The number of hydrogen-bond acceptors (Lipinski definition) is 7. The van der Waals surface area contributed by atoms with E-state index in [9.17, 15) is 14.7 Å². The molecule has 0 saturated carbocycles. The number of ketones is 1. The minimum atomic E-state index is -0.780. The first-order valence-corrected chi connectivity index (χ1v) is 11.1. The Morgan fingerprint density at radius 2 is 1.97 bits per heavy atom. The van der Waals surface area contributed by atoms with Crippen LogP contribution in [0.4, 0.5) is 0 Å². The lowest BCUT2D eigenvalue weighted by Crippen LogP contribution is -2.31. The molecule has 0 bridgehead atoms. The average molecular weight is 466 g/mol. The molecular weight excluding hydrogens is 438 g/mol. The molecule has 0 aliphatic carbocycles. The van der Waals surface area contributed by atoms with Crippen molar-refractivity contribution in [2.24, 2.45) is 0 Å². The number of rotatable bonds is 9. The molecule has 2 heterocycles. The number of hydrogen-bond donors (Lipinski definition) is 1. The van der Waals surface area contributed by atoms with Gasteiger partial charge in [-0.2, -0.15) is 0 Å². The highest BCUT2D eigenvalue weighted by molar-refractivity contribution is 6.46. The third kappa shape index (κ3) is 4.63. The first-order valence-electron chi connectivity index (χ1n) is 11.1. The van der Waals surface area contributed by atoms with Crippen molar-refractivity contribution in [2.75, 3.05) is 40.1 Å². The van der Waals surface area contributed by atoms with Crippen LogP contribution >= 0.6 is 0 Å². The Kier molecular flexibility index (Phi) is 7.18. The third-order valence-electron chi connectivity index (χ3n) is 5.64. The van der Waals surface area contributed by atoms with E-state index in [4.69, 9.17) is 18.9 Å². The predicted octanol–water partition coefficient (Wildman–Crippen LogP) is 3.48. The van der Waals surface area contributed by atoms with E-state index in [1.54, 1.807) is 55.7 Å². The Bertz CT molecular complexity index is 1120. The Morgan fingerprint density at radius 3 is 2.74 bits per heavy atom. The second kappa shape index (κ2) is 10.4. The van der Waals surface area contributed by atoms with Gasteiger partial charge in [-0.3, -0.25) is 9.59 Å². The lowest BCUT2D eigenvalue weighted by atomic mass is 9.95. The Hall–Kier alpha value is -3.78. The number of carbonyl (C=O) groups excluding carboxylic acids is 2. The molecular formula is C26H27NO7. The highest BCUT2D eigenvalue weighted by Crippen LogP contribution is 2.41. The SMILES string of the molecule is C=CCOc1cccc([C@@H]2C(=C(O)c3ccc4c(c3)OCCO4)C(=O)C(=O)N2CCCOC)c1. The maximum atomic E-state index is 13.2. The number of nitrogens with zero attached hydrogens (tertiary/aromatic N) is 1. The van der Waals surface area contributed by atoms with Gasteiger partial charge >= 0.3 is 0 Å². The number of likely N-dealkylation sites (tertiary alicyclic amines) is 1. The van der Waals surface area contributed by atoms with E-state index >= 15 is 0 Å². The molecule has 2 aliphatic rings. The number of ether oxygens (including phenoxy) is 4. The molecule has 2 aliphatic heterocycles. The first kappa shape index (κ1) is 23.4. The maximum Gasteiger partial charge on any atom is 0.295 e. The van der Waals surface area contributed by atoms with Crippen molar-refractivity contribution in [1.82, 2.24) is 4.90 Å². The van der Waals surface area contributed by atoms with E-state index in [0.29, 0.717) is 67.8 Å². The standard InChI is InChI=1S/C26H27NO7/c1-3-11-32-19-7-4-6-17(15-19)23-22(25(29)26(30)27(23)10-5-12-31-2)24(28)18-8-9-20-21(16-18)34-14-13-33-20/h3-4,6-9,15-16,23,28H,1,5,10-14H2,2H3/t23-/m1/s1. The van der Waals surface area contributed by atoms with Crippen molar-refractivity contribution in [2.45, 2.75) is 12.5 Å². The molecule has 8 heteroatoms. The van der Waals surface area contributed by atoms with Crippen LogP contribution in [0.25, 0.3) is 5.76 Å². The summed E-state index contributed by atoms with van der Waals surface area (Å²) in [6, 6.07) is 11.3. The van der Waals surface area contributed by atoms with Crippen LogP contribution in [-0.4, -0.2) is 61.8 Å². The van der Waals surface area contributed by atoms with Crippen molar-refractivity contribution in [3.63, 3.8) is 0 Å². The van der Waals surface area contributed by atoms with Crippen molar-refractivity contribution >= 4 is 17.4 Å². The molecule has 1 fully saturated rings. The van der Waals surface area contributed by atoms with Gasteiger partial charge in [0.15, 0.2) is 11.5 Å². The summed E-state index contributed by atoms with van der Waals surface area (Å²) < 4.78 is 21.9. The predicted molar refractivity (Wildman–Crippen MR) is 125 cm³/mol. The van der Waals surface area contributed by atoms with Crippen LogP contribution in [-0.2, 0) is 14.3 Å². The molecule has 34 heavy (non-hydrogen) atoms. The summed E-state index contributed by atoms with van der Waals surface area (Å²) in [5, 5.41) is 11.3. The Balaban J connectivity index is 1.79. The highest BCUT2D eigenvalue weighted by Gasteiger charge is 2.46. The molecule has 4 rings (SSSR count). The van der Waals surface area contributed by atoms with Crippen molar-refractivity contribution < 1.29 is 33.6 Å². The molecule has 178 valence electrons. The Labute approximate surface area is 198 Å². The van der Waals surface area contributed by atoms with E-state index < -0.39 is 17.7 Å². The molecule has 1 saturated heterocycles. The molecule has 8 nitrogen and oxygen atoms in total. The van der Waals surface area contributed by atoms with E-state index in [-0.39, 0.29) is 11.3 Å². The molecule has 0 unspecified atom stereocenters. The summed E-state index contributed by atoms with van der Waals surface area (Å²) in [7, 11) is 1.58. The maximum absolute atomic E-state index is 13.2. The number of aliphatic hydroxyl groups excluding tert-OH is 1. The van der Waals surface area contributed by atoms with E-state index in [2.05, 4.69) is 6.58 Å². The molecule has 0 aromatic heterocycles. The van der Waals surface area contributed by atoms with Gasteiger partial charge in [-0.15, -0.1) is 0 Å². The zero-order valence-electron chi connectivity index (χ0n) is 19.0. The van der Waals surface area contributed by atoms with Gasteiger partial charge in [0.05, 0.1) is 11.6 Å². The quantitative estimate of drug-likeness (QED) is 0.199. The molecule has 2 aromatic rings. The summed E-state index contributed by atoms with van der Waals surface area (Å²) in [6.07, 6.45) is 2.17. The van der Waals surface area contributed by atoms with E-state index in [0.717, 1.165) is 0 Å². The number of Topliss-reactive ketones (excluding diaryl/α,β-unsaturated/α-hetero) is 1. The normalized spacial score (nSPS) is 18.7. The van der Waals surface area contributed by atoms with Gasteiger partial charge in [0.25, 0.3) is 11.7 Å². The van der Waals surface area contributed by atoms with Gasteiger partial charge in [0.1, 0.15) is 31.3 Å². The summed E-state index contributed by atoms with van der Waals surface area (Å²) in [4.78, 5) is 27.6. The number of carbonyl (C=O) groups is 2. The second-order valence-corrected chi connectivity index (χ2v) is 7.87. The Morgan fingerprint density at radius 1 is 1.18 bits per heavy atom. The van der Waals surface area contributed by atoms with Crippen molar-refractivity contribution in [3.8, 4) is 17.2 Å². The lowest BCUT2D eigenvalue weighted by Gasteiger charge is -2.25. The van der Waals surface area contributed by atoms with Crippen LogP contribution in [0.15, 0.2) is 60.7 Å². The highest BCUT2D eigenvalue weighted by atomic mass is 16.6. The third-order valence-corrected chi connectivity index (χ3v) is 5.64. The molecule has 1 atom stereocenters. The van der Waals surface area contributed by atoms with E-state index in [1.165, 1.54) is 4.90 Å². The fourth-order valence-electron chi connectivity index (χ4n) is 4.11. The smallest absolute Gasteiger partial charge is 0.295 e. The van der Waals surface area contributed by atoms with Crippen LogP contribution < -0.4 is 14.2 Å².